The van der Waals surface area contributed by atoms with Crippen molar-refractivity contribution in [1.29, 1.82) is 0 Å². The minimum Gasteiger partial charge on any atom is -0.249 e. The van der Waals surface area contributed by atoms with E-state index in [2.05, 4.69) is 20.9 Å². The van der Waals surface area contributed by atoms with Crippen LogP contribution in [0, 0.1) is 3.70 Å². The summed E-state index contributed by atoms with van der Waals surface area (Å²) >= 11 is 4.85. The van der Waals surface area contributed by atoms with Gasteiger partial charge < -0.3 is 0 Å². The lowest BCUT2D eigenvalue weighted by Gasteiger charge is -2.01. The van der Waals surface area contributed by atoms with E-state index in [0.29, 0.717) is 8.17 Å². The lowest BCUT2D eigenvalue weighted by molar-refractivity contribution is 0.150. The van der Waals surface area contributed by atoms with Gasteiger partial charge in [-0.25, -0.2) is 13.8 Å². The molecule has 0 aliphatic rings. The monoisotopic (exact) mass is 333 g/mol. The maximum atomic E-state index is 12.1. The zero-order valence-corrected chi connectivity index (χ0v) is 8.93. The van der Waals surface area contributed by atoms with Crippen LogP contribution in [0.4, 0.5) is 8.78 Å². The fraction of sp³-hybridized carbons (Fsp3) is 0.167. The first-order valence-corrected chi connectivity index (χ1v) is 4.57. The van der Waals surface area contributed by atoms with Gasteiger partial charge in [0.1, 0.15) is 3.70 Å². The highest BCUT2D eigenvalue weighted by Gasteiger charge is 2.12. The molecule has 0 fully saturated rings. The Morgan fingerprint density at radius 1 is 1.55 bits per heavy atom. The molecule has 1 rings (SSSR count). The second-order valence-corrected chi connectivity index (χ2v) is 3.77. The highest BCUT2D eigenvalue weighted by atomic mass is 127. The Morgan fingerprint density at radius 2 is 2.18 bits per heavy atom. The molecule has 0 unspecified atom stereocenters. The van der Waals surface area contributed by atoms with Gasteiger partial charge in [-0.1, -0.05) is 0 Å². The number of nitrogens with zero attached hydrogens (tertiary/aromatic N) is 1. The fourth-order valence-electron chi connectivity index (χ4n) is 0.591. The van der Waals surface area contributed by atoms with Crippen LogP contribution in [0.5, 0.6) is 0 Å². The van der Waals surface area contributed by atoms with Gasteiger partial charge in [-0.05, 0) is 44.6 Å². The quantitative estimate of drug-likeness (QED) is 0.567. The van der Waals surface area contributed by atoms with Crippen LogP contribution in [0.15, 0.2) is 16.7 Å². The second-order valence-electron chi connectivity index (χ2n) is 1.83. The molecule has 11 heavy (non-hydrogen) atoms. The molecule has 1 aromatic rings. The molecule has 5 heteroatoms. The molecule has 1 nitrogen and oxygen atoms in total. The highest BCUT2D eigenvalue weighted by Crippen LogP contribution is 2.25. The summed E-state index contributed by atoms with van der Waals surface area (Å²) in [6, 6.07) is 1.37. The minimum atomic E-state index is -2.45. The summed E-state index contributed by atoms with van der Waals surface area (Å²) in [5.74, 6) is 0. The molecule has 0 atom stereocenters. The molecule has 0 bridgehead atoms. The molecule has 0 saturated carbocycles. The Labute approximate surface area is 84.5 Å². The number of pyridine rings is 1. The third-order valence-electron chi connectivity index (χ3n) is 1.07. The third kappa shape index (κ3) is 2.33. The summed E-state index contributed by atoms with van der Waals surface area (Å²) in [4.78, 5) is 3.76. The van der Waals surface area contributed by atoms with Crippen molar-refractivity contribution in [2.45, 2.75) is 6.43 Å². The zero-order chi connectivity index (χ0) is 8.43. The summed E-state index contributed by atoms with van der Waals surface area (Å²) in [6.45, 7) is 0. The molecule has 0 spiro atoms. The van der Waals surface area contributed by atoms with Crippen molar-refractivity contribution in [3.8, 4) is 0 Å². The number of rotatable bonds is 1. The topological polar surface area (TPSA) is 12.9 Å². The first-order chi connectivity index (χ1) is 5.11. The molecule has 0 aliphatic carbocycles. The van der Waals surface area contributed by atoms with E-state index in [1.165, 1.54) is 12.3 Å². The first-order valence-electron chi connectivity index (χ1n) is 2.70. The third-order valence-corrected chi connectivity index (χ3v) is 2.40. The van der Waals surface area contributed by atoms with E-state index in [1.54, 1.807) is 22.6 Å². The second kappa shape index (κ2) is 3.75. The lowest BCUT2D eigenvalue weighted by atomic mass is 10.3. The standard InChI is InChI=1S/C6H3BrF2IN/c7-3-1-4(5(8)9)6(10)11-2-3/h1-2,5H. The Balaban J connectivity index is 3.13. The lowest BCUT2D eigenvalue weighted by Crippen LogP contribution is -1.91. The summed E-state index contributed by atoms with van der Waals surface area (Å²) in [5.41, 5.74) is -0.0278. The van der Waals surface area contributed by atoms with Gasteiger partial charge in [0.2, 0.25) is 0 Å². The van der Waals surface area contributed by atoms with Crippen LogP contribution >= 0.6 is 38.5 Å². The normalized spacial score (nSPS) is 10.6. The Morgan fingerprint density at radius 3 is 2.64 bits per heavy atom. The van der Waals surface area contributed by atoms with Crippen molar-refractivity contribution < 1.29 is 8.78 Å². The van der Waals surface area contributed by atoms with Crippen molar-refractivity contribution in [2.24, 2.45) is 0 Å². The number of aromatic nitrogens is 1. The SMILES string of the molecule is FC(F)c1cc(Br)cnc1I. The van der Waals surface area contributed by atoms with Gasteiger partial charge >= 0.3 is 0 Å². The average molecular weight is 334 g/mol. The molecule has 0 N–H and O–H groups in total. The number of hydrogen-bond donors (Lipinski definition) is 0. The van der Waals surface area contributed by atoms with Gasteiger partial charge in [0.05, 0.1) is 5.56 Å². The van der Waals surface area contributed by atoms with Gasteiger partial charge in [0.25, 0.3) is 6.43 Å². The summed E-state index contributed by atoms with van der Waals surface area (Å²) in [7, 11) is 0. The summed E-state index contributed by atoms with van der Waals surface area (Å²) in [6.07, 6.45) is -0.958. The molecule has 60 valence electrons. The zero-order valence-electron chi connectivity index (χ0n) is 5.19. The largest absolute Gasteiger partial charge is 0.266 e. The predicted molar refractivity (Wildman–Crippen MR) is 49.6 cm³/mol. The molecule has 0 aliphatic heterocycles. The van der Waals surface area contributed by atoms with Gasteiger partial charge in [-0.2, -0.15) is 0 Å². The van der Waals surface area contributed by atoms with E-state index < -0.39 is 6.43 Å². The van der Waals surface area contributed by atoms with E-state index >= 15 is 0 Å². The van der Waals surface area contributed by atoms with Crippen LogP contribution in [0.25, 0.3) is 0 Å². The molecule has 0 radical (unpaired) electrons. The van der Waals surface area contributed by atoms with E-state index in [0.717, 1.165) is 0 Å². The van der Waals surface area contributed by atoms with Crippen molar-refractivity contribution in [1.82, 2.24) is 4.98 Å². The molecule has 0 saturated heterocycles. The van der Waals surface area contributed by atoms with E-state index in [4.69, 9.17) is 0 Å². The van der Waals surface area contributed by atoms with Gasteiger partial charge in [-0.15, -0.1) is 0 Å². The number of halogens is 4. The van der Waals surface area contributed by atoms with Crippen molar-refractivity contribution in [3.05, 3.63) is 26.0 Å². The molecule has 0 amide bonds. The van der Waals surface area contributed by atoms with Crippen LogP contribution in [0.2, 0.25) is 0 Å². The molecule has 0 aromatic carbocycles. The van der Waals surface area contributed by atoms with Crippen LogP contribution in [-0.2, 0) is 0 Å². The molecule has 1 heterocycles. The maximum Gasteiger partial charge on any atom is 0.266 e. The fourth-order valence-corrected chi connectivity index (χ4v) is 1.47. The van der Waals surface area contributed by atoms with Crippen LogP contribution in [0.3, 0.4) is 0 Å². The van der Waals surface area contributed by atoms with Gasteiger partial charge in [0, 0.05) is 10.7 Å². The van der Waals surface area contributed by atoms with E-state index in [1.807, 2.05) is 0 Å². The maximum absolute atomic E-state index is 12.1. The Hall–Kier alpha value is 0.220. The van der Waals surface area contributed by atoms with E-state index in [9.17, 15) is 8.78 Å². The van der Waals surface area contributed by atoms with Crippen molar-refractivity contribution in [2.75, 3.05) is 0 Å². The smallest absolute Gasteiger partial charge is 0.249 e. The summed E-state index contributed by atoms with van der Waals surface area (Å²) < 4.78 is 25.2. The molecule has 1 aromatic heterocycles. The number of hydrogen-bond acceptors (Lipinski definition) is 1. The molecular weight excluding hydrogens is 331 g/mol. The molecular formula is C6H3BrF2IN. The Bertz CT molecular complexity index is 267. The minimum absolute atomic E-state index is 0.0278. The first kappa shape index (κ1) is 9.31. The van der Waals surface area contributed by atoms with E-state index in [-0.39, 0.29) is 5.56 Å². The highest BCUT2D eigenvalue weighted by molar-refractivity contribution is 14.1. The number of alkyl halides is 2. The average Bonchev–Trinajstić information content (AvgIpc) is 1.94. The van der Waals surface area contributed by atoms with Gasteiger partial charge in [0.15, 0.2) is 0 Å². The Kier molecular flexibility index (Phi) is 3.17. The van der Waals surface area contributed by atoms with Crippen LogP contribution < -0.4 is 0 Å². The van der Waals surface area contributed by atoms with Crippen molar-refractivity contribution in [3.63, 3.8) is 0 Å². The summed E-state index contributed by atoms with van der Waals surface area (Å²) in [5, 5.41) is 0. The van der Waals surface area contributed by atoms with Crippen molar-refractivity contribution >= 4 is 38.5 Å². The van der Waals surface area contributed by atoms with Crippen LogP contribution in [0.1, 0.15) is 12.0 Å². The predicted octanol–water partition coefficient (Wildman–Crippen LogP) is 3.39. The van der Waals surface area contributed by atoms with Crippen LogP contribution in [-0.4, -0.2) is 4.98 Å². The van der Waals surface area contributed by atoms with Gasteiger partial charge in [-0.3, -0.25) is 0 Å².